The third-order valence-corrected chi connectivity index (χ3v) is 5.13. The first kappa shape index (κ1) is 21.1. The summed E-state index contributed by atoms with van der Waals surface area (Å²) < 4.78 is 18.1. The number of nitrogens with one attached hydrogen (secondary N) is 3. The SMILES string of the molecule is CCC(C)NC(=O)O[C@H]1CO[C@@H](c2cc(Nc3nccn4nc(COC)cc34)n[nH]2)C1. The fourth-order valence-corrected chi connectivity index (χ4v) is 3.36. The summed E-state index contributed by atoms with van der Waals surface area (Å²) >= 11 is 0. The minimum absolute atomic E-state index is 0.0753. The second-order valence-electron chi connectivity index (χ2n) is 7.55. The molecule has 1 amide bonds. The Bertz CT molecular complexity index is 1030. The fourth-order valence-electron chi connectivity index (χ4n) is 3.36. The van der Waals surface area contributed by atoms with Gasteiger partial charge in [0.15, 0.2) is 11.6 Å². The summed E-state index contributed by atoms with van der Waals surface area (Å²) in [4.78, 5) is 16.3. The fraction of sp³-hybridized carbons (Fsp3) is 0.500. The summed E-state index contributed by atoms with van der Waals surface area (Å²) in [5, 5.41) is 17.8. The molecule has 0 bridgehead atoms. The molecule has 31 heavy (non-hydrogen) atoms. The van der Waals surface area contributed by atoms with E-state index in [1.165, 1.54) is 0 Å². The van der Waals surface area contributed by atoms with Crippen LogP contribution >= 0.6 is 0 Å². The molecule has 4 heterocycles. The van der Waals surface area contributed by atoms with Crippen molar-refractivity contribution in [3.05, 3.63) is 35.9 Å². The third kappa shape index (κ3) is 4.94. The lowest BCUT2D eigenvalue weighted by Crippen LogP contribution is -2.35. The Morgan fingerprint density at radius 1 is 1.45 bits per heavy atom. The van der Waals surface area contributed by atoms with Crippen LogP contribution < -0.4 is 10.6 Å². The lowest BCUT2D eigenvalue weighted by molar-refractivity contribution is 0.0679. The number of nitrogens with zero attached hydrogens (tertiary/aromatic N) is 4. The van der Waals surface area contributed by atoms with Gasteiger partial charge in [-0.1, -0.05) is 6.92 Å². The monoisotopic (exact) mass is 429 g/mol. The minimum atomic E-state index is -0.414. The average Bonchev–Trinajstić information content (AvgIpc) is 3.48. The molecular weight excluding hydrogens is 402 g/mol. The van der Waals surface area contributed by atoms with Crippen LogP contribution in [0.15, 0.2) is 24.5 Å². The van der Waals surface area contributed by atoms with Crippen LogP contribution in [0.1, 0.15) is 44.2 Å². The summed E-state index contributed by atoms with van der Waals surface area (Å²) in [6.07, 6.45) is 3.92. The van der Waals surface area contributed by atoms with Crippen molar-refractivity contribution in [3.63, 3.8) is 0 Å². The molecule has 1 aliphatic rings. The maximum atomic E-state index is 11.9. The number of H-pyrrole nitrogens is 1. The van der Waals surface area contributed by atoms with E-state index in [0.717, 1.165) is 23.3 Å². The predicted octanol–water partition coefficient (Wildman–Crippen LogP) is 2.70. The first-order chi connectivity index (χ1) is 15.1. The highest BCUT2D eigenvalue weighted by atomic mass is 16.6. The van der Waals surface area contributed by atoms with Gasteiger partial charge in [0.2, 0.25) is 0 Å². The Morgan fingerprint density at radius 3 is 3.13 bits per heavy atom. The van der Waals surface area contributed by atoms with E-state index < -0.39 is 6.09 Å². The van der Waals surface area contributed by atoms with E-state index in [1.54, 1.807) is 24.0 Å². The summed E-state index contributed by atoms with van der Waals surface area (Å²) in [6, 6.07) is 3.86. The van der Waals surface area contributed by atoms with E-state index >= 15 is 0 Å². The number of rotatable bonds is 8. The van der Waals surface area contributed by atoms with Gasteiger partial charge in [0.05, 0.1) is 24.6 Å². The van der Waals surface area contributed by atoms with Crippen molar-refractivity contribution in [2.45, 2.75) is 51.5 Å². The molecule has 3 aromatic heterocycles. The second-order valence-corrected chi connectivity index (χ2v) is 7.55. The predicted molar refractivity (Wildman–Crippen MR) is 112 cm³/mol. The molecule has 1 aliphatic heterocycles. The molecule has 1 saturated heterocycles. The van der Waals surface area contributed by atoms with Gasteiger partial charge in [-0.25, -0.2) is 14.3 Å². The highest BCUT2D eigenvalue weighted by Gasteiger charge is 2.31. The van der Waals surface area contributed by atoms with E-state index in [0.29, 0.717) is 31.3 Å². The quantitative estimate of drug-likeness (QED) is 0.499. The Balaban J connectivity index is 1.38. The molecule has 11 nitrogen and oxygen atoms in total. The zero-order valence-electron chi connectivity index (χ0n) is 17.8. The Morgan fingerprint density at radius 2 is 2.32 bits per heavy atom. The van der Waals surface area contributed by atoms with Gasteiger partial charge in [-0.2, -0.15) is 10.2 Å². The molecule has 166 valence electrons. The van der Waals surface area contributed by atoms with Crippen molar-refractivity contribution in [1.82, 2.24) is 30.1 Å². The van der Waals surface area contributed by atoms with Gasteiger partial charge >= 0.3 is 6.09 Å². The first-order valence-electron chi connectivity index (χ1n) is 10.3. The highest BCUT2D eigenvalue weighted by molar-refractivity contribution is 5.72. The van der Waals surface area contributed by atoms with Crippen LogP contribution in [-0.4, -0.2) is 56.8 Å². The molecule has 4 rings (SSSR count). The van der Waals surface area contributed by atoms with Crippen LogP contribution in [0.3, 0.4) is 0 Å². The molecule has 0 saturated carbocycles. The Labute approximate surface area is 179 Å². The lowest BCUT2D eigenvalue weighted by atomic mass is 10.1. The van der Waals surface area contributed by atoms with Gasteiger partial charge in [-0.15, -0.1) is 0 Å². The van der Waals surface area contributed by atoms with Crippen molar-refractivity contribution in [2.75, 3.05) is 19.0 Å². The van der Waals surface area contributed by atoms with E-state index in [9.17, 15) is 4.79 Å². The maximum Gasteiger partial charge on any atom is 0.407 e. The van der Waals surface area contributed by atoms with Gasteiger partial charge < -0.3 is 24.8 Å². The number of aromatic nitrogens is 5. The standard InChI is InChI=1S/C20H27N7O4/c1-4-12(2)22-20(28)31-14-8-17(30-11-14)15-9-18(25-24-15)23-19-16-7-13(10-29-3)26-27(16)6-5-21-19/h5-7,9,12,14,17H,4,8,10-11H2,1-3H3,(H,22,28)(H2,21,23,24,25)/t12?,14-,17-/m1/s1. The van der Waals surface area contributed by atoms with Crippen molar-refractivity contribution in [1.29, 1.82) is 0 Å². The molecule has 0 spiro atoms. The van der Waals surface area contributed by atoms with E-state index in [-0.39, 0.29) is 18.2 Å². The number of hydrogen-bond donors (Lipinski definition) is 3. The van der Waals surface area contributed by atoms with Crippen LogP contribution in [0, 0.1) is 0 Å². The van der Waals surface area contributed by atoms with Gasteiger partial charge in [-0.05, 0) is 19.4 Å². The number of hydrogen-bond acceptors (Lipinski definition) is 8. The van der Waals surface area contributed by atoms with Crippen LogP contribution in [0.25, 0.3) is 5.52 Å². The van der Waals surface area contributed by atoms with Crippen molar-refractivity contribution in [3.8, 4) is 0 Å². The van der Waals surface area contributed by atoms with Crippen LogP contribution in [-0.2, 0) is 20.8 Å². The molecule has 1 fully saturated rings. The first-order valence-corrected chi connectivity index (χ1v) is 10.3. The lowest BCUT2D eigenvalue weighted by Gasteiger charge is -2.14. The number of ether oxygens (including phenoxy) is 3. The van der Waals surface area contributed by atoms with Crippen molar-refractivity contribution in [2.24, 2.45) is 0 Å². The van der Waals surface area contributed by atoms with Crippen molar-refractivity contribution < 1.29 is 19.0 Å². The van der Waals surface area contributed by atoms with Gasteiger partial charge in [0.25, 0.3) is 0 Å². The van der Waals surface area contributed by atoms with E-state index in [1.807, 2.05) is 26.0 Å². The molecule has 3 N–H and O–H groups in total. The highest BCUT2D eigenvalue weighted by Crippen LogP contribution is 2.31. The zero-order chi connectivity index (χ0) is 21.8. The topological polar surface area (TPSA) is 128 Å². The minimum Gasteiger partial charge on any atom is -0.444 e. The number of amides is 1. The average molecular weight is 429 g/mol. The molecule has 3 atom stereocenters. The molecule has 0 aliphatic carbocycles. The second kappa shape index (κ2) is 9.31. The van der Waals surface area contributed by atoms with Crippen molar-refractivity contribution >= 4 is 23.2 Å². The molecule has 3 aromatic rings. The normalized spacial score (nSPS) is 19.5. The maximum absolute atomic E-state index is 11.9. The van der Waals surface area contributed by atoms with Gasteiger partial charge in [0.1, 0.15) is 17.7 Å². The molecule has 1 unspecified atom stereocenters. The Kier molecular flexibility index (Phi) is 6.33. The molecule has 11 heteroatoms. The largest absolute Gasteiger partial charge is 0.444 e. The number of alkyl carbamates (subject to hydrolysis) is 1. The number of aromatic amines is 1. The number of carbonyl (C=O) groups excluding carboxylic acids is 1. The Hall–Kier alpha value is -3.18. The van der Waals surface area contributed by atoms with E-state index in [4.69, 9.17) is 14.2 Å². The van der Waals surface area contributed by atoms with Gasteiger partial charge in [-0.3, -0.25) is 5.10 Å². The summed E-state index contributed by atoms with van der Waals surface area (Å²) in [6.45, 7) is 4.71. The van der Waals surface area contributed by atoms with Gasteiger partial charge in [0, 0.05) is 38.0 Å². The zero-order valence-corrected chi connectivity index (χ0v) is 17.8. The van der Waals surface area contributed by atoms with E-state index in [2.05, 4.69) is 30.9 Å². The number of fused-ring (bicyclic) bond motifs is 1. The van der Waals surface area contributed by atoms with Crippen LogP contribution in [0.5, 0.6) is 0 Å². The smallest absolute Gasteiger partial charge is 0.407 e. The van der Waals surface area contributed by atoms with Crippen LogP contribution in [0.4, 0.5) is 16.4 Å². The van der Waals surface area contributed by atoms with Crippen LogP contribution in [0.2, 0.25) is 0 Å². The summed E-state index contributed by atoms with van der Waals surface area (Å²) in [7, 11) is 1.63. The summed E-state index contributed by atoms with van der Waals surface area (Å²) in [5.74, 6) is 1.23. The number of carbonyl (C=O) groups is 1. The number of methoxy groups -OCH3 is 1. The third-order valence-electron chi connectivity index (χ3n) is 5.13. The summed E-state index contributed by atoms with van der Waals surface area (Å²) in [5.41, 5.74) is 2.43. The molecule has 0 radical (unpaired) electrons. The molecule has 0 aromatic carbocycles. The number of anilines is 2. The molecular formula is C20H27N7O4.